The van der Waals surface area contributed by atoms with Crippen molar-refractivity contribution in [1.29, 1.82) is 5.26 Å². The maximum atomic E-state index is 9.12. The van der Waals surface area contributed by atoms with Gasteiger partial charge < -0.3 is 0 Å². The van der Waals surface area contributed by atoms with Crippen LogP contribution in [0, 0.1) is 11.3 Å². The maximum absolute atomic E-state index is 9.12. The highest BCUT2D eigenvalue weighted by Crippen LogP contribution is 2.23. The van der Waals surface area contributed by atoms with Gasteiger partial charge in [-0.25, -0.2) is 0 Å². The Morgan fingerprint density at radius 3 is 2.23 bits per heavy atom. The highest BCUT2D eigenvalue weighted by molar-refractivity contribution is 5.07. The number of nitrogens with one attached hydrogen (secondary N) is 1. The molecule has 0 atom stereocenters. The van der Waals surface area contributed by atoms with E-state index in [-0.39, 0.29) is 5.54 Å². The van der Waals surface area contributed by atoms with Crippen LogP contribution in [0.5, 0.6) is 0 Å². The van der Waals surface area contributed by atoms with Gasteiger partial charge in [0.05, 0.1) is 6.07 Å². The molecule has 0 aromatic carbocycles. The molecule has 0 saturated heterocycles. The van der Waals surface area contributed by atoms with E-state index in [2.05, 4.69) is 25.2 Å². The molecule has 0 bridgehead atoms. The van der Waals surface area contributed by atoms with E-state index in [4.69, 9.17) is 5.26 Å². The van der Waals surface area contributed by atoms with Crippen molar-refractivity contribution in [1.82, 2.24) is 5.32 Å². The second kappa shape index (κ2) is 4.62. The molecule has 0 aromatic rings. The van der Waals surface area contributed by atoms with Crippen LogP contribution in [0.3, 0.4) is 0 Å². The first-order chi connectivity index (χ1) is 6.26. The highest BCUT2D eigenvalue weighted by Gasteiger charge is 2.29. The van der Waals surface area contributed by atoms with Gasteiger partial charge >= 0.3 is 0 Å². The lowest BCUT2D eigenvalue weighted by Gasteiger charge is -2.28. The van der Waals surface area contributed by atoms with Gasteiger partial charge in [-0.2, -0.15) is 5.26 Å². The summed E-state index contributed by atoms with van der Waals surface area (Å²) in [5, 5.41) is 12.6. The van der Waals surface area contributed by atoms with Crippen molar-refractivity contribution in [2.45, 2.75) is 64.0 Å². The number of nitriles is 1. The van der Waals surface area contributed by atoms with Crippen molar-refractivity contribution in [3.8, 4) is 6.07 Å². The van der Waals surface area contributed by atoms with Gasteiger partial charge in [-0.05, 0) is 25.7 Å². The molecule has 0 aromatic heterocycles. The molecule has 0 radical (unpaired) electrons. The van der Waals surface area contributed by atoms with Crippen molar-refractivity contribution in [2.75, 3.05) is 0 Å². The third kappa shape index (κ3) is 2.45. The Morgan fingerprint density at radius 1 is 1.31 bits per heavy atom. The van der Waals surface area contributed by atoms with E-state index in [9.17, 15) is 0 Å². The van der Waals surface area contributed by atoms with Gasteiger partial charge in [-0.1, -0.05) is 26.7 Å². The maximum Gasteiger partial charge on any atom is 0.106 e. The Labute approximate surface area is 81.3 Å². The minimum atomic E-state index is -0.255. The normalized spacial score (nSPS) is 18.8. The number of rotatable bonds is 4. The van der Waals surface area contributed by atoms with Crippen LogP contribution in [0.25, 0.3) is 0 Å². The SMILES string of the molecule is CCC(C#N)(CC)NC1CCCC1. The fourth-order valence-electron chi connectivity index (χ4n) is 2.11. The van der Waals surface area contributed by atoms with Crippen LogP contribution in [0.1, 0.15) is 52.4 Å². The standard InChI is InChI=1S/C11H20N2/c1-3-11(4-2,9-12)13-10-7-5-6-8-10/h10,13H,3-8H2,1-2H3. The smallest absolute Gasteiger partial charge is 0.106 e. The predicted octanol–water partition coefficient (Wildman–Crippen LogP) is 2.60. The summed E-state index contributed by atoms with van der Waals surface area (Å²) in [5.41, 5.74) is -0.255. The van der Waals surface area contributed by atoms with Gasteiger partial charge in [-0.3, -0.25) is 5.32 Å². The van der Waals surface area contributed by atoms with E-state index in [1.807, 2.05) is 0 Å². The Hall–Kier alpha value is -0.550. The third-order valence-electron chi connectivity index (χ3n) is 3.26. The Morgan fingerprint density at radius 2 is 1.85 bits per heavy atom. The largest absolute Gasteiger partial charge is 0.297 e. The van der Waals surface area contributed by atoms with Crippen molar-refractivity contribution in [2.24, 2.45) is 0 Å². The quantitative estimate of drug-likeness (QED) is 0.722. The molecular weight excluding hydrogens is 160 g/mol. The molecule has 1 N–H and O–H groups in total. The molecule has 2 heteroatoms. The highest BCUT2D eigenvalue weighted by atomic mass is 15.0. The third-order valence-corrected chi connectivity index (χ3v) is 3.26. The van der Waals surface area contributed by atoms with Gasteiger partial charge in [-0.15, -0.1) is 0 Å². The molecule has 0 heterocycles. The molecule has 74 valence electrons. The van der Waals surface area contributed by atoms with E-state index in [1.165, 1.54) is 25.7 Å². The van der Waals surface area contributed by atoms with E-state index in [0.29, 0.717) is 6.04 Å². The summed E-state index contributed by atoms with van der Waals surface area (Å²) in [6, 6.07) is 3.03. The van der Waals surface area contributed by atoms with Crippen LogP contribution >= 0.6 is 0 Å². The molecule has 2 nitrogen and oxygen atoms in total. The van der Waals surface area contributed by atoms with E-state index < -0.39 is 0 Å². The molecule has 13 heavy (non-hydrogen) atoms. The number of nitrogens with zero attached hydrogens (tertiary/aromatic N) is 1. The van der Waals surface area contributed by atoms with Gasteiger partial charge in [0.2, 0.25) is 0 Å². The van der Waals surface area contributed by atoms with Crippen molar-refractivity contribution >= 4 is 0 Å². The molecule has 0 unspecified atom stereocenters. The number of hydrogen-bond acceptors (Lipinski definition) is 2. The zero-order valence-corrected chi connectivity index (χ0v) is 8.77. The summed E-state index contributed by atoms with van der Waals surface area (Å²) in [6.07, 6.45) is 6.99. The van der Waals surface area contributed by atoms with Gasteiger partial charge in [0.25, 0.3) is 0 Å². The lowest BCUT2D eigenvalue weighted by Crippen LogP contribution is -2.47. The van der Waals surface area contributed by atoms with Crippen molar-refractivity contribution in [3.05, 3.63) is 0 Å². The molecule has 0 spiro atoms. The molecule has 1 saturated carbocycles. The van der Waals surface area contributed by atoms with Crippen molar-refractivity contribution in [3.63, 3.8) is 0 Å². The van der Waals surface area contributed by atoms with Crippen LogP contribution in [-0.4, -0.2) is 11.6 Å². The Bertz CT molecular complexity index is 183. The molecule has 0 amide bonds. The average Bonchev–Trinajstić information content (AvgIpc) is 2.67. The van der Waals surface area contributed by atoms with Crippen LogP contribution in [0.15, 0.2) is 0 Å². The molecule has 1 aliphatic rings. The van der Waals surface area contributed by atoms with Crippen LogP contribution in [0.4, 0.5) is 0 Å². The molecule has 0 aliphatic heterocycles. The van der Waals surface area contributed by atoms with Gasteiger partial charge in [0.15, 0.2) is 0 Å². The summed E-state index contributed by atoms with van der Waals surface area (Å²) in [5.74, 6) is 0. The van der Waals surface area contributed by atoms with Crippen LogP contribution < -0.4 is 5.32 Å². The van der Waals surface area contributed by atoms with E-state index in [0.717, 1.165) is 12.8 Å². The first-order valence-electron chi connectivity index (χ1n) is 5.45. The lowest BCUT2D eigenvalue weighted by atomic mass is 9.93. The van der Waals surface area contributed by atoms with Crippen LogP contribution in [-0.2, 0) is 0 Å². The minimum absolute atomic E-state index is 0.255. The summed E-state index contributed by atoms with van der Waals surface area (Å²) < 4.78 is 0. The fourth-order valence-corrected chi connectivity index (χ4v) is 2.11. The van der Waals surface area contributed by atoms with Gasteiger partial charge in [0.1, 0.15) is 5.54 Å². The minimum Gasteiger partial charge on any atom is -0.297 e. The lowest BCUT2D eigenvalue weighted by molar-refractivity contribution is 0.335. The zero-order valence-electron chi connectivity index (χ0n) is 8.77. The summed E-state index contributed by atoms with van der Waals surface area (Å²) in [6.45, 7) is 4.18. The fraction of sp³-hybridized carbons (Fsp3) is 0.909. The second-order valence-electron chi connectivity index (χ2n) is 4.03. The molecule has 1 rings (SSSR count). The monoisotopic (exact) mass is 180 g/mol. The summed E-state index contributed by atoms with van der Waals surface area (Å²) >= 11 is 0. The zero-order chi connectivity index (χ0) is 9.73. The topological polar surface area (TPSA) is 35.8 Å². The second-order valence-corrected chi connectivity index (χ2v) is 4.03. The summed E-state index contributed by atoms with van der Waals surface area (Å²) in [4.78, 5) is 0. The summed E-state index contributed by atoms with van der Waals surface area (Å²) in [7, 11) is 0. The molecule has 1 fully saturated rings. The first kappa shape index (κ1) is 10.5. The first-order valence-corrected chi connectivity index (χ1v) is 5.45. The van der Waals surface area contributed by atoms with Crippen LogP contribution in [0.2, 0.25) is 0 Å². The van der Waals surface area contributed by atoms with E-state index in [1.54, 1.807) is 0 Å². The van der Waals surface area contributed by atoms with E-state index >= 15 is 0 Å². The average molecular weight is 180 g/mol. The predicted molar refractivity (Wildman–Crippen MR) is 54.3 cm³/mol. The molecular formula is C11H20N2. The number of hydrogen-bond donors (Lipinski definition) is 1. The Kier molecular flexibility index (Phi) is 3.74. The van der Waals surface area contributed by atoms with Crippen molar-refractivity contribution < 1.29 is 0 Å². The Balaban J connectivity index is 2.51. The van der Waals surface area contributed by atoms with Gasteiger partial charge in [0, 0.05) is 6.04 Å². The molecule has 1 aliphatic carbocycles.